The van der Waals surface area contributed by atoms with Gasteiger partial charge in [0.05, 0.1) is 0 Å². The van der Waals surface area contributed by atoms with Gasteiger partial charge in [-0.3, -0.25) is 0 Å². The average Bonchev–Trinajstić information content (AvgIpc) is 2.89. The molecular weight excluding hydrogens is 262 g/mol. The van der Waals surface area contributed by atoms with E-state index in [2.05, 4.69) is 16.0 Å². The highest BCUT2D eigenvalue weighted by atomic mass is 16.3. The monoisotopic (exact) mass is 277 g/mol. The predicted octanol–water partition coefficient (Wildman–Crippen LogP) is 3.04. The standard InChI is InChI=1S/C17H15N3O/c18-14-3-1-12-9-20(10-13(12)7-14)17-16-8-15(21)4-2-11(16)5-6-19-17/h1-8,21H,9-10,18H2. The summed E-state index contributed by atoms with van der Waals surface area (Å²) in [6.07, 6.45) is 1.81. The van der Waals surface area contributed by atoms with E-state index in [0.717, 1.165) is 35.4 Å². The van der Waals surface area contributed by atoms with Gasteiger partial charge in [0.2, 0.25) is 0 Å². The second-order valence-electron chi connectivity index (χ2n) is 5.42. The second-order valence-corrected chi connectivity index (χ2v) is 5.42. The molecule has 3 N–H and O–H groups in total. The second kappa shape index (κ2) is 4.38. The lowest BCUT2D eigenvalue weighted by atomic mass is 10.1. The average molecular weight is 277 g/mol. The normalized spacial score (nSPS) is 13.6. The number of phenolic OH excluding ortho intramolecular Hbond substituents is 1. The fraction of sp³-hybridized carbons (Fsp3) is 0.118. The van der Waals surface area contributed by atoms with Crippen LogP contribution in [0.15, 0.2) is 48.7 Å². The van der Waals surface area contributed by atoms with Crippen LogP contribution in [0.2, 0.25) is 0 Å². The number of rotatable bonds is 1. The van der Waals surface area contributed by atoms with E-state index >= 15 is 0 Å². The molecule has 0 fully saturated rings. The lowest BCUT2D eigenvalue weighted by molar-refractivity contribution is 0.476. The molecule has 0 atom stereocenters. The molecule has 1 aliphatic rings. The fourth-order valence-corrected chi connectivity index (χ4v) is 2.96. The number of anilines is 2. The summed E-state index contributed by atoms with van der Waals surface area (Å²) in [7, 11) is 0. The first-order valence-corrected chi connectivity index (χ1v) is 6.91. The van der Waals surface area contributed by atoms with Crippen molar-refractivity contribution in [2.24, 2.45) is 0 Å². The van der Waals surface area contributed by atoms with E-state index in [4.69, 9.17) is 5.73 Å². The van der Waals surface area contributed by atoms with Gasteiger partial charge in [0.15, 0.2) is 0 Å². The largest absolute Gasteiger partial charge is 0.508 e. The van der Waals surface area contributed by atoms with Crippen molar-refractivity contribution in [2.75, 3.05) is 10.6 Å². The Morgan fingerprint density at radius 1 is 1.00 bits per heavy atom. The zero-order chi connectivity index (χ0) is 14.4. The first kappa shape index (κ1) is 12.0. The zero-order valence-corrected chi connectivity index (χ0v) is 11.5. The number of hydrogen-bond acceptors (Lipinski definition) is 4. The van der Waals surface area contributed by atoms with Crippen LogP contribution in [0.25, 0.3) is 10.8 Å². The van der Waals surface area contributed by atoms with Crippen molar-refractivity contribution in [2.45, 2.75) is 13.1 Å². The van der Waals surface area contributed by atoms with Crippen LogP contribution >= 0.6 is 0 Å². The summed E-state index contributed by atoms with van der Waals surface area (Å²) in [5.41, 5.74) is 9.17. The number of aromatic hydroxyl groups is 1. The van der Waals surface area contributed by atoms with Gasteiger partial charge in [-0.15, -0.1) is 0 Å². The molecule has 4 nitrogen and oxygen atoms in total. The summed E-state index contributed by atoms with van der Waals surface area (Å²) in [6.45, 7) is 1.61. The van der Waals surface area contributed by atoms with Crippen LogP contribution in [0.1, 0.15) is 11.1 Å². The Hall–Kier alpha value is -2.75. The SMILES string of the molecule is Nc1ccc2c(c1)CN(c1nccc3ccc(O)cc13)C2. The molecule has 0 saturated carbocycles. The summed E-state index contributed by atoms with van der Waals surface area (Å²) in [6, 6.07) is 13.4. The lowest BCUT2D eigenvalue weighted by Crippen LogP contribution is -2.16. The highest BCUT2D eigenvalue weighted by Crippen LogP contribution is 2.33. The Kier molecular flexibility index (Phi) is 2.51. The van der Waals surface area contributed by atoms with Crippen LogP contribution in [0.5, 0.6) is 5.75 Å². The minimum absolute atomic E-state index is 0.262. The lowest BCUT2D eigenvalue weighted by Gasteiger charge is -2.18. The summed E-state index contributed by atoms with van der Waals surface area (Å²) < 4.78 is 0. The highest BCUT2D eigenvalue weighted by molar-refractivity contribution is 5.93. The number of hydrogen-bond donors (Lipinski definition) is 2. The van der Waals surface area contributed by atoms with Crippen molar-refractivity contribution < 1.29 is 5.11 Å². The molecule has 0 saturated heterocycles. The van der Waals surface area contributed by atoms with Crippen LogP contribution in [-0.4, -0.2) is 10.1 Å². The summed E-state index contributed by atoms with van der Waals surface area (Å²) >= 11 is 0. The molecule has 0 bridgehead atoms. The minimum Gasteiger partial charge on any atom is -0.508 e. The molecule has 4 heteroatoms. The molecule has 2 heterocycles. The van der Waals surface area contributed by atoms with Gasteiger partial charge in [-0.2, -0.15) is 0 Å². The van der Waals surface area contributed by atoms with Crippen molar-refractivity contribution in [1.29, 1.82) is 0 Å². The van der Waals surface area contributed by atoms with Gasteiger partial charge in [-0.1, -0.05) is 12.1 Å². The third kappa shape index (κ3) is 1.96. The van der Waals surface area contributed by atoms with E-state index < -0.39 is 0 Å². The smallest absolute Gasteiger partial charge is 0.137 e. The quantitative estimate of drug-likeness (QED) is 0.671. The van der Waals surface area contributed by atoms with Gasteiger partial charge in [-0.05, 0) is 46.8 Å². The van der Waals surface area contributed by atoms with Gasteiger partial charge < -0.3 is 15.7 Å². The molecule has 4 rings (SSSR count). The molecule has 1 aromatic heterocycles. The zero-order valence-electron chi connectivity index (χ0n) is 11.5. The topological polar surface area (TPSA) is 62.4 Å². The number of nitrogens with zero attached hydrogens (tertiary/aromatic N) is 2. The molecule has 21 heavy (non-hydrogen) atoms. The third-order valence-electron chi connectivity index (χ3n) is 3.98. The number of phenols is 1. The summed E-state index contributed by atoms with van der Waals surface area (Å²) in [5, 5.41) is 11.8. The number of nitrogen functional groups attached to an aromatic ring is 1. The van der Waals surface area contributed by atoms with Gasteiger partial charge in [-0.25, -0.2) is 4.98 Å². The van der Waals surface area contributed by atoms with Crippen molar-refractivity contribution in [1.82, 2.24) is 4.98 Å². The maximum Gasteiger partial charge on any atom is 0.137 e. The highest BCUT2D eigenvalue weighted by Gasteiger charge is 2.21. The van der Waals surface area contributed by atoms with Crippen LogP contribution in [0.4, 0.5) is 11.5 Å². The molecule has 0 spiro atoms. The Labute approximate surface area is 122 Å². The van der Waals surface area contributed by atoms with E-state index in [-0.39, 0.29) is 5.75 Å². The molecular formula is C17H15N3O. The predicted molar refractivity (Wildman–Crippen MR) is 84.1 cm³/mol. The van der Waals surface area contributed by atoms with E-state index in [0.29, 0.717) is 0 Å². The molecule has 1 aliphatic heterocycles. The van der Waals surface area contributed by atoms with Crippen LogP contribution in [0.3, 0.4) is 0 Å². The molecule has 0 unspecified atom stereocenters. The van der Waals surface area contributed by atoms with Crippen molar-refractivity contribution in [3.8, 4) is 5.75 Å². The molecule has 0 aliphatic carbocycles. The van der Waals surface area contributed by atoms with Crippen molar-refractivity contribution in [3.05, 3.63) is 59.8 Å². The molecule has 2 aromatic carbocycles. The maximum absolute atomic E-state index is 9.74. The minimum atomic E-state index is 0.262. The van der Waals surface area contributed by atoms with Gasteiger partial charge in [0.25, 0.3) is 0 Å². The third-order valence-corrected chi connectivity index (χ3v) is 3.98. The van der Waals surface area contributed by atoms with Gasteiger partial charge in [0, 0.05) is 30.4 Å². The number of fused-ring (bicyclic) bond motifs is 2. The maximum atomic E-state index is 9.74. The fourth-order valence-electron chi connectivity index (χ4n) is 2.96. The van der Waals surface area contributed by atoms with Crippen LogP contribution in [-0.2, 0) is 13.1 Å². The molecule has 0 radical (unpaired) electrons. The van der Waals surface area contributed by atoms with E-state index in [1.807, 2.05) is 30.5 Å². The molecule has 104 valence electrons. The molecule has 0 amide bonds. The Balaban J connectivity index is 1.80. The Bertz CT molecular complexity index is 845. The number of aromatic nitrogens is 1. The van der Waals surface area contributed by atoms with E-state index in [1.165, 1.54) is 11.1 Å². The first-order valence-electron chi connectivity index (χ1n) is 6.91. The van der Waals surface area contributed by atoms with E-state index in [1.54, 1.807) is 12.1 Å². The summed E-state index contributed by atoms with van der Waals surface area (Å²) in [5.74, 6) is 1.16. The number of pyridine rings is 1. The Morgan fingerprint density at radius 3 is 2.76 bits per heavy atom. The number of nitrogens with two attached hydrogens (primary N) is 1. The van der Waals surface area contributed by atoms with Crippen molar-refractivity contribution in [3.63, 3.8) is 0 Å². The van der Waals surface area contributed by atoms with Gasteiger partial charge >= 0.3 is 0 Å². The molecule has 3 aromatic rings. The number of benzene rings is 2. The Morgan fingerprint density at radius 2 is 1.86 bits per heavy atom. The van der Waals surface area contributed by atoms with Crippen molar-refractivity contribution >= 4 is 22.3 Å². The summed E-state index contributed by atoms with van der Waals surface area (Å²) in [4.78, 5) is 6.73. The van der Waals surface area contributed by atoms with Crippen LogP contribution < -0.4 is 10.6 Å². The van der Waals surface area contributed by atoms with E-state index in [9.17, 15) is 5.11 Å². The van der Waals surface area contributed by atoms with Crippen LogP contribution in [0, 0.1) is 0 Å². The van der Waals surface area contributed by atoms with Gasteiger partial charge in [0.1, 0.15) is 11.6 Å². The first-order chi connectivity index (χ1) is 10.2.